The highest BCUT2D eigenvalue weighted by atomic mass is 35.5. The Kier molecular flexibility index (Phi) is 6.38. The maximum atomic E-state index is 13.0. The summed E-state index contributed by atoms with van der Waals surface area (Å²) in [6.45, 7) is 1.19. The lowest BCUT2D eigenvalue weighted by Gasteiger charge is -2.15. The van der Waals surface area contributed by atoms with Crippen LogP contribution >= 0.6 is 23.4 Å². The van der Waals surface area contributed by atoms with E-state index < -0.39 is 0 Å². The Morgan fingerprint density at radius 3 is 2.76 bits per heavy atom. The topological polar surface area (TPSA) is 41.9 Å². The van der Waals surface area contributed by atoms with Gasteiger partial charge in [-0.1, -0.05) is 29.8 Å². The van der Waals surface area contributed by atoms with Crippen LogP contribution in [0.1, 0.15) is 29.5 Å². The van der Waals surface area contributed by atoms with E-state index in [1.807, 2.05) is 30.3 Å². The lowest BCUT2D eigenvalue weighted by atomic mass is 10.1. The molecule has 1 heterocycles. The van der Waals surface area contributed by atoms with E-state index in [0.29, 0.717) is 23.1 Å². The van der Waals surface area contributed by atoms with Crippen molar-refractivity contribution >= 4 is 46.2 Å². The normalized spacial score (nSPS) is 18.8. The maximum Gasteiger partial charge on any atom is 0.266 e. The van der Waals surface area contributed by atoms with Gasteiger partial charge in [0.15, 0.2) is 5.17 Å². The first kappa shape index (κ1) is 20.2. The minimum atomic E-state index is -0.0130. The first-order valence-corrected chi connectivity index (χ1v) is 11.0. The predicted octanol–water partition coefficient (Wildman–Crippen LogP) is 5.47. The van der Waals surface area contributed by atoms with Crippen LogP contribution in [0.4, 0.5) is 5.69 Å². The van der Waals surface area contributed by atoms with Gasteiger partial charge in [0.05, 0.1) is 10.6 Å². The fourth-order valence-corrected chi connectivity index (χ4v) is 4.75. The zero-order chi connectivity index (χ0) is 20.2. The summed E-state index contributed by atoms with van der Waals surface area (Å²) >= 11 is 7.40. The van der Waals surface area contributed by atoms with Gasteiger partial charge in [0.2, 0.25) is 0 Å². The molecule has 4 rings (SSSR count). The van der Waals surface area contributed by atoms with E-state index >= 15 is 0 Å². The molecule has 0 spiro atoms. The molecule has 2 aliphatic rings. The van der Waals surface area contributed by atoms with Crippen LogP contribution in [-0.2, 0) is 22.4 Å². The van der Waals surface area contributed by atoms with Crippen LogP contribution in [0, 0.1) is 0 Å². The van der Waals surface area contributed by atoms with Crippen molar-refractivity contribution in [1.29, 1.82) is 0 Å². The average Bonchev–Trinajstić information content (AvgIpc) is 3.29. The molecular formula is C23H23ClN2O2S. The summed E-state index contributed by atoms with van der Waals surface area (Å²) in [6.07, 6.45) is 6.13. The maximum absolute atomic E-state index is 13.0. The van der Waals surface area contributed by atoms with E-state index in [2.05, 4.69) is 18.2 Å². The molecule has 0 radical (unpaired) electrons. The van der Waals surface area contributed by atoms with E-state index in [-0.39, 0.29) is 5.91 Å². The van der Waals surface area contributed by atoms with Crippen LogP contribution in [0.25, 0.3) is 6.08 Å². The Hall–Kier alpha value is -2.08. The van der Waals surface area contributed by atoms with Crippen LogP contribution < -0.4 is 0 Å². The second-order valence-electron chi connectivity index (χ2n) is 7.17. The van der Waals surface area contributed by atoms with Gasteiger partial charge < -0.3 is 4.74 Å². The lowest BCUT2D eigenvalue weighted by molar-refractivity contribution is -0.122. The fraction of sp³-hybridized carbons (Fsp3) is 0.304. The van der Waals surface area contributed by atoms with Crippen molar-refractivity contribution in [3.8, 4) is 0 Å². The number of carbonyl (C=O) groups excluding carboxylic acids is 1. The van der Waals surface area contributed by atoms with Crippen molar-refractivity contribution in [3.63, 3.8) is 0 Å². The average molecular weight is 427 g/mol. The number of thioether (sulfide) groups is 1. The minimum Gasteiger partial charge on any atom is -0.385 e. The Labute approximate surface area is 180 Å². The summed E-state index contributed by atoms with van der Waals surface area (Å²) in [5, 5.41) is 1.40. The van der Waals surface area contributed by atoms with Gasteiger partial charge in [-0.3, -0.25) is 9.69 Å². The second-order valence-corrected chi connectivity index (χ2v) is 8.61. The molecule has 0 bridgehead atoms. The number of amidine groups is 1. The zero-order valence-corrected chi connectivity index (χ0v) is 17.9. The number of carbonyl (C=O) groups is 1. The third-order valence-corrected chi connectivity index (χ3v) is 6.35. The molecule has 0 aromatic heterocycles. The molecule has 1 aliphatic heterocycles. The van der Waals surface area contributed by atoms with Gasteiger partial charge in [-0.15, -0.1) is 0 Å². The Morgan fingerprint density at radius 1 is 1.17 bits per heavy atom. The zero-order valence-electron chi connectivity index (χ0n) is 16.4. The fourth-order valence-electron chi connectivity index (χ4n) is 3.60. The smallest absolute Gasteiger partial charge is 0.266 e. The monoisotopic (exact) mass is 426 g/mol. The molecule has 2 aromatic rings. The summed E-state index contributed by atoms with van der Waals surface area (Å²) in [4.78, 5) is 20.3. The predicted molar refractivity (Wildman–Crippen MR) is 121 cm³/mol. The Bertz CT molecular complexity index is 969. The molecule has 0 N–H and O–H groups in total. The van der Waals surface area contributed by atoms with Crippen LogP contribution in [-0.4, -0.2) is 36.2 Å². The standard InChI is InChI=1S/C23H23ClN2O2S/c1-28-13-3-12-26-22(27)21(14-16-6-9-19(24)10-7-16)29-23(26)25-20-11-8-17-4-2-5-18(17)15-20/h6-11,14-15H,2-5,12-13H2,1H3. The number of hydrogen-bond acceptors (Lipinski definition) is 4. The minimum absolute atomic E-state index is 0.0130. The van der Waals surface area contributed by atoms with Crippen LogP contribution in [0.3, 0.4) is 0 Å². The van der Waals surface area contributed by atoms with Gasteiger partial charge in [0.1, 0.15) is 0 Å². The number of nitrogens with zero attached hydrogens (tertiary/aromatic N) is 2. The Balaban J connectivity index is 1.62. The molecule has 0 atom stereocenters. The number of ether oxygens (including phenoxy) is 1. The molecule has 1 aliphatic carbocycles. The van der Waals surface area contributed by atoms with Gasteiger partial charge in [-0.25, -0.2) is 4.99 Å². The summed E-state index contributed by atoms with van der Waals surface area (Å²) in [6, 6.07) is 13.9. The van der Waals surface area contributed by atoms with Crippen molar-refractivity contribution < 1.29 is 9.53 Å². The first-order valence-electron chi connectivity index (χ1n) is 9.80. The molecule has 4 nitrogen and oxygen atoms in total. The SMILES string of the molecule is COCCCN1C(=O)C(=Cc2ccc(Cl)cc2)SC1=Nc1ccc2c(c1)CCC2. The molecule has 1 saturated heterocycles. The van der Waals surface area contributed by atoms with Crippen LogP contribution in [0.5, 0.6) is 0 Å². The van der Waals surface area contributed by atoms with E-state index in [4.69, 9.17) is 21.3 Å². The molecule has 150 valence electrons. The van der Waals surface area contributed by atoms with Crippen molar-refractivity contribution in [3.05, 3.63) is 69.1 Å². The van der Waals surface area contributed by atoms with Crippen molar-refractivity contribution in [2.45, 2.75) is 25.7 Å². The molecule has 1 amide bonds. The lowest BCUT2D eigenvalue weighted by Crippen LogP contribution is -2.30. The first-order chi connectivity index (χ1) is 14.1. The number of amides is 1. The number of aliphatic imine (C=N–C) groups is 1. The van der Waals surface area contributed by atoms with Crippen LogP contribution in [0.15, 0.2) is 52.4 Å². The highest BCUT2D eigenvalue weighted by molar-refractivity contribution is 8.18. The van der Waals surface area contributed by atoms with E-state index in [0.717, 1.165) is 35.7 Å². The summed E-state index contributed by atoms with van der Waals surface area (Å²) in [7, 11) is 1.67. The molecular weight excluding hydrogens is 404 g/mol. The van der Waals surface area contributed by atoms with Gasteiger partial charge in [0, 0.05) is 25.3 Å². The molecule has 1 fully saturated rings. The number of halogens is 1. The Morgan fingerprint density at radius 2 is 1.97 bits per heavy atom. The second kappa shape index (κ2) is 9.16. The number of hydrogen-bond donors (Lipinski definition) is 0. The number of benzene rings is 2. The van der Waals surface area contributed by atoms with Gasteiger partial charge in [-0.05, 0) is 84.5 Å². The van der Waals surface area contributed by atoms with Crippen molar-refractivity contribution in [2.24, 2.45) is 4.99 Å². The van der Waals surface area contributed by atoms with Crippen molar-refractivity contribution in [2.75, 3.05) is 20.3 Å². The third-order valence-electron chi connectivity index (χ3n) is 5.09. The summed E-state index contributed by atoms with van der Waals surface area (Å²) in [5.41, 5.74) is 4.65. The molecule has 0 saturated carbocycles. The number of methoxy groups -OCH3 is 1. The summed E-state index contributed by atoms with van der Waals surface area (Å²) in [5.74, 6) is -0.0130. The summed E-state index contributed by atoms with van der Waals surface area (Å²) < 4.78 is 5.16. The number of rotatable bonds is 6. The number of fused-ring (bicyclic) bond motifs is 1. The van der Waals surface area contributed by atoms with E-state index in [1.165, 1.54) is 29.3 Å². The quantitative estimate of drug-likeness (QED) is 0.454. The van der Waals surface area contributed by atoms with Crippen LogP contribution in [0.2, 0.25) is 5.02 Å². The van der Waals surface area contributed by atoms with E-state index in [9.17, 15) is 4.79 Å². The van der Waals surface area contributed by atoms with Gasteiger partial charge >= 0.3 is 0 Å². The van der Waals surface area contributed by atoms with Gasteiger partial charge in [-0.2, -0.15) is 0 Å². The highest BCUT2D eigenvalue weighted by Gasteiger charge is 2.33. The molecule has 0 unspecified atom stereocenters. The molecule has 29 heavy (non-hydrogen) atoms. The third kappa shape index (κ3) is 4.74. The van der Waals surface area contributed by atoms with Crippen molar-refractivity contribution in [1.82, 2.24) is 4.90 Å². The number of aryl methyl sites for hydroxylation is 2. The highest BCUT2D eigenvalue weighted by Crippen LogP contribution is 2.35. The molecule has 6 heteroatoms. The van der Waals surface area contributed by atoms with Gasteiger partial charge in [0.25, 0.3) is 5.91 Å². The largest absolute Gasteiger partial charge is 0.385 e. The van der Waals surface area contributed by atoms with E-state index in [1.54, 1.807) is 12.0 Å². The molecule has 2 aromatic carbocycles.